The number of carbonyl (C=O) groups excluding carboxylic acids is 1. The molecule has 16 heteroatoms. The average Bonchev–Trinajstić information content (AvgIpc) is 2.42. The maximum absolute atomic E-state index is 12.7. The second-order valence-electron chi connectivity index (χ2n) is 4.82. The Morgan fingerprint density at radius 3 is 1.81 bits per heavy atom. The molecule has 0 aliphatic carbocycles. The Balaban J connectivity index is 3.35. The van der Waals surface area contributed by atoms with Crippen LogP contribution in [-0.4, -0.2) is 35.3 Å². The number of anilines is 1. The molecule has 1 unspecified atom stereocenters. The highest BCUT2D eigenvalue weighted by molar-refractivity contribution is 6.31. The molecule has 27 heavy (non-hydrogen) atoms. The Morgan fingerprint density at radius 1 is 1.00 bits per heavy atom. The fraction of sp³-hybridized carbons (Fsp3) is 0.364. The highest BCUT2D eigenvalue weighted by Crippen LogP contribution is 2.52. The number of benzene rings is 1. The third kappa shape index (κ3) is 4.48. The predicted molar refractivity (Wildman–Crippen MR) is 70.3 cm³/mol. The van der Waals surface area contributed by atoms with Crippen LogP contribution in [0.4, 0.5) is 55.7 Å². The number of amides is 2. The van der Waals surface area contributed by atoms with Crippen LogP contribution in [-0.2, 0) is 0 Å². The number of urea groups is 1. The van der Waals surface area contributed by atoms with Crippen LogP contribution in [0.2, 0.25) is 5.02 Å². The van der Waals surface area contributed by atoms with Crippen molar-refractivity contribution in [2.24, 2.45) is 0 Å². The summed E-state index contributed by atoms with van der Waals surface area (Å²) in [6.45, 7) is 0. The smallest absolute Gasteiger partial charge is 0.429 e. The summed E-state index contributed by atoms with van der Waals surface area (Å²) in [4.78, 5) is 11.5. The summed E-state index contributed by atoms with van der Waals surface area (Å²) in [5.41, 5.74) is -8.38. The second-order valence-corrected chi connectivity index (χ2v) is 5.25. The van der Waals surface area contributed by atoms with E-state index in [2.05, 4.69) is 0 Å². The minimum absolute atomic E-state index is 0.171. The van der Waals surface area contributed by atoms with Gasteiger partial charge in [0.2, 0.25) is 0 Å². The first-order chi connectivity index (χ1) is 11.9. The lowest BCUT2D eigenvalue weighted by Crippen LogP contribution is -2.99. The van der Waals surface area contributed by atoms with Crippen LogP contribution in [0.3, 0.4) is 0 Å². The molecule has 1 rings (SSSR count). The van der Waals surface area contributed by atoms with Crippen molar-refractivity contribution >= 4 is 29.0 Å². The summed E-state index contributed by atoms with van der Waals surface area (Å²) in [6.07, 6.45) is -21.1. The summed E-state index contributed by atoms with van der Waals surface area (Å²) >= 11 is 5.45. The van der Waals surface area contributed by atoms with Crippen molar-refractivity contribution in [2.75, 3.05) is 5.32 Å². The first-order valence-corrected chi connectivity index (χ1v) is 6.64. The van der Waals surface area contributed by atoms with E-state index in [4.69, 9.17) is 16.8 Å². The molecule has 0 saturated heterocycles. The van der Waals surface area contributed by atoms with Crippen LogP contribution in [0.1, 0.15) is 0 Å². The molecule has 0 heterocycles. The molecule has 0 fully saturated rings. The maximum atomic E-state index is 12.7. The summed E-state index contributed by atoms with van der Waals surface area (Å²) in [5, 5.41) is 18.8. The van der Waals surface area contributed by atoms with E-state index in [9.17, 15) is 49.5 Å². The van der Waals surface area contributed by atoms with E-state index in [1.165, 1.54) is 5.32 Å². The van der Waals surface area contributed by atoms with Gasteiger partial charge in [-0.1, -0.05) is 11.6 Å². The monoisotopic (exact) mass is 435 g/mol. The van der Waals surface area contributed by atoms with Crippen molar-refractivity contribution < 1.29 is 54.7 Å². The molecule has 0 saturated carbocycles. The van der Waals surface area contributed by atoms with Crippen molar-refractivity contribution in [2.45, 2.75) is 24.1 Å². The molecule has 1 aromatic carbocycles. The number of nitrogens with one attached hydrogen (secondary N) is 3. The molecule has 0 aliphatic heterocycles. The van der Waals surface area contributed by atoms with Crippen LogP contribution in [0.5, 0.6) is 0 Å². The summed E-state index contributed by atoms with van der Waals surface area (Å²) in [6, 6.07) is -0.410. The zero-order valence-corrected chi connectivity index (χ0v) is 13.0. The summed E-state index contributed by atoms with van der Waals surface area (Å²) in [7, 11) is 0. The number of rotatable bonds is 3. The van der Waals surface area contributed by atoms with Crippen molar-refractivity contribution in [1.82, 2.24) is 5.32 Å². The van der Waals surface area contributed by atoms with Crippen LogP contribution in [0.15, 0.2) is 18.2 Å². The number of alkyl halides is 9. The molecular weight excluding hydrogens is 429 g/mol. The first kappa shape index (κ1) is 23.1. The number of hydrogen-bond donors (Lipinski definition) is 4. The largest absolute Gasteiger partial charge is 0.595 e. The third-order valence-corrected chi connectivity index (χ3v) is 3.27. The fourth-order valence-electron chi connectivity index (χ4n) is 1.82. The van der Waals surface area contributed by atoms with Gasteiger partial charge >= 0.3 is 30.1 Å². The zero-order valence-electron chi connectivity index (χ0n) is 12.3. The fourth-order valence-corrected chi connectivity index (χ4v) is 1.99. The molecular formula is C11H7ClF9N3O3. The van der Waals surface area contributed by atoms with Crippen LogP contribution in [0, 0.1) is 5.21 Å². The Kier molecular flexibility index (Phi) is 6.16. The number of quaternary nitrogens is 1. The molecule has 2 amide bonds. The minimum Gasteiger partial charge on any atom is -0.595 e. The Bertz CT molecular complexity index is 667. The first-order valence-electron chi connectivity index (χ1n) is 6.26. The number of halogens is 10. The van der Waals surface area contributed by atoms with Crippen molar-refractivity contribution in [3.05, 3.63) is 28.4 Å². The molecule has 0 bridgehead atoms. The Morgan fingerprint density at radius 2 is 1.44 bits per heavy atom. The van der Waals surface area contributed by atoms with Gasteiger partial charge in [-0.25, -0.2) is 10.0 Å². The minimum atomic E-state index is -7.02. The average molecular weight is 436 g/mol. The highest BCUT2D eigenvalue weighted by atomic mass is 35.5. The third-order valence-electron chi connectivity index (χ3n) is 3.04. The van der Waals surface area contributed by atoms with E-state index in [1.807, 2.05) is 0 Å². The molecule has 0 radical (unpaired) electrons. The predicted octanol–water partition coefficient (Wildman–Crippen LogP) is 3.29. The SMILES string of the molecule is O=C(Nc1ccc(Cl)cc1[NH+]([O-])O)NC(C(F)(F)F)(C(F)(F)F)C(F)(F)F. The lowest BCUT2D eigenvalue weighted by molar-refractivity contribution is -0.990. The quantitative estimate of drug-likeness (QED) is 0.434. The molecule has 1 aromatic rings. The van der Waals surface area contributed by atoms with Crippen LogP contribution in [0.25, 0.3) is 0 Å². The van der Waals surface area contributed by atoms with Gasteiger partial charge in [0.05, 0.1) is 0 Å². The normalized spacial score (nSPS) is 14.7. The van der Waals surface area contributed by atoms with Gasteiger partial charge in [0.15, 0.2) is 5.69 Å². The van der Waals surface area contributed by atoms with Crippen molar-refractivity contribution in [3.63, 3.8) is 0 Å². The highest BCUT2D eigenvalue weighted by Gasteiger charge is 2.84. The number of hydrogen-bond acceptors (Lipinski definition) is 3. The Hall–Kier alpha value is -1.97. The van der Waals surface area contributed by atoms with Gasteiger partial charge in [-0.05, 0) is 12.1 Å². The van der Waals surface area contributed by atoms with E-state index >= 15 is 0 Å². The molecule has 0 aliphatic rings. The van der Waals surface area contributed by atoms with Gasteiger partial charge < -0.3 is 15.8 Å². The van der Waals surface area contributed by atoms with Crippen LogP contribution < -0.4 is 15.9 Å². The van der Waals surface area contributed by atoms with Gasteiger partial charge in [0.1, 0.15) is 5.69 Å². The Labute approximate surface area is 148 Å². The van der Waals surface area contributed by atoms with E-state index in [1.54, 1.807) is 0 Å². The van der Waals surface area contributed by atoms with E-state index in [-0.39, 0.29) is 10.3 Å². The van der Waals surface area contributed by atoms with Gasteiger partial charge in [-0.3, -0.25) is 0 Å². The van der Waals surface area contributed by atoms with Gasteiger partial charge in [0.25, 0.3) is 0 Å². The van der Waals surface area contributed by atoms with Crippen LogP contribution >= 0.6 is 11.6 Å². The number of carbonyl (C=O) groups is 1. The van der Waals surface area contributed by atoms with E-state index in [0.717, 1.165) is 6.07 Å². The molecule has 154 valence electrons. The maximum Gasteiger partial charge on any atom is 0.429 e. The lowest BCUT2D eigenvalue weighted by Gasteiger charge is -2.38. The summed E-state index contributed by atoms with van der Waals surface area (Å²) < 4.78 is 115. The zero-order chi connectivity index (χ0) is 21.4. The summed E-state index contributed by atoms with van der Waals surface area (Å²) in [5.74, 6) is 0. The topological polar surface area (TPSA) is 88.9 Å². The van der Waals surface area contributed by atoms with Gasteiger partial charge in [-0.15, -0.1) is 0 Å². The van der Waals surface area contributed by atoms with Gasteiger partial charge in [-0.2, -0.15) is 44.7 Å². The second kappa shape index (κ2) is 7.21. The van der Waals surface area contributed by atoms with E-state index in [0.29, 0.717) is 12.1 Å². The molecule has 0 aromatic heterocycles. The lowest BCUT2D eigenvalue weighted by atomic mass is 9.97. The van der Waals surface area contributed by atoms with Gasteiger partial charge in [0, 0.05) is 11.1 Å². The molecule has 0 spiro atoms. The molecule has 6 nitrogen and oxygen atoms in total. The standard InChI is InChI=1S/C11H7ClF9N3O3/c12-4-1-2-5(6(3-4)24(26)27)22-7(25)23-8(9(13,14)15,10(16,17)18)11(19,20)21/h1-3,24,26H,(H2,22,23,25). The van der Waals surface area contributed by atoms with Crippen molar-refractivity contribution in [1.29, 1.82) is 0 Å². The van der Waals surface area contributed by atoms with Crippen molar-refractivity contribution in [3.8, 4) is 0 Å². The molecule has 1 atom stereocenters. The molecule has 4 N–H and O–H groups in total. The van der Waals surface area contributed by atoms with E-state index < -0.39 is 46.7 Å².